The average molecular weight is 284 g/mol. The monoisotopic (exact) mass is 284 g/mol. The lowest BCUT2D eigenvalue weighted by atomic mass is 10.3. The van der Waals surface area contributed by atoms with Crippen molar-refractivity contribution in [2.75, 3.05) is 13.3 Å². The van der Waals surface area contributed by atoms with Crippen molar-refractivity contribution in [1.29, 1.82) is 0 Å². The summed E-state index contributed by atoms with van der Waals surface area (Å²) >= 11 is 4.78. The number of nitrogens with zero attached hydrogens (tertiary/aromatic N) is 3. The van der Waals surface area contributed by atoms with Gasteiger partial charge in [0.25, 0.3) is 0 Å². The molecule has 2 heterocycles. The van der Waals surface area contributed by atoms with E-state index < -0.39 is 0 Å². The van der Waals surface area contributed by atoms with E-state index in [0.29, 0.717) is 0 Å². The summed E-state index contributed by atoms with van der Waals surface area (Å²) in [5.41, 5.74) is 1.18. The van der Waals surface area contributed by atoms with Crippen LogP contribution in [0.4, 0.5) is 0 Å². The Kier molecular flexibility index (Phi) is 4.78. The third kappa shape index (κ3) is 3.41. The molecule has 2 rings (SSSR count). The fourth-order valence-electron chi connectivity index (χ4n) is 1.24. The molecular weight excluding hydrogens is 272 g/mol. The second-order valence-corrected chi connectivity index (χ2v) is 6.40. The fraction of sp³-hybridized carbons (Fsp3) is 0.300. The highest BCUT2D eigenvalue weighted by molar-refractivity contribution is 8.03. The third-order valence-corrected chi connectivity index (χ3v) is 4.97. The highest BCUT2D eigenvalue weighted by atomic mass is 32.2. The Bertz CT molecular complexity index is 486. The summed E-state index contributed by atoms with van der Waals surface area (Å²) in [6.45, 7) is 0.810. The molecule has 0 aliphatic rings. The second-order valence-electron chi connectivity index (χ2n) is 3.14. The lowest BCUT2D eigenvalue weighted by Gasteiger charge is -2.04. The molecule has 0 aromatic carbocycles. The van der Waals surface area contributed by atoms with Gasteiger partial charge in [0.2, 0.25) is 0 Å². The Balaban J connectivity index is 2.17. The molecule has 7 heteroatoms. The van der Waals surface area contributed by atoms with E-state index in [1.807, 2.05) is 19.4 Å². The van der Waals surface area contributed by atoms with Gasteiger partial charge >= 0.3 is 0 Å². The number of aromatic nitrogens is 3. The molecule has 90 valence electrons. The Hall–Kier alpha value is -0.630. The predicted octanol–water partition coefficient (Wildman–Crippen LogP) is 2.53. The molecule has 0 bridgehead atoms. The van der Waals surface area contributed by atoms with Crippen LogP contribution >= 0.6 is 34.9 Å². The number of pyridine rings is 1. The van der Waals surface area contributed by atoms with Gasteiger partial charge in [-0.2, -0.15) is 0 Å². The molecule has 0 spiro atoms. The van der Waals surface area contributed by atoms with Gasteiger partial charge < -0.3 is 5.32 Å². The number of hydrogen-bond donors (Lipinski definition) is 1. The van der Waals surface area contributed by atoms with E-state index in [4.69, 9.17) is 0 Å². The van der Waals surface area contributed by atoms with Crippen LogP contribution in [0.3, 0.4) is 0 Å². The molecule has 0 aliphatic heterocycles. The van der Waals surface area contributed by atoms with Crippen molar-refractivity contribution in [3.63, 3.8) is 0 Å². The Labute approximate surface area is 113 Å². The van der Waals surface area contributed by atoms with E-state index in [0.717, 1.165) is 20.3 Å². The summed E-state index contributed by atoms with van der Waals surface area (Å²) < 4.78 is 1.92. The van der Waals surface area contributed by atoms with Gasteiger partial charge in [-0.25, -0.2) is 4.98 Å². The van der Waals surface area contributed by atoms with Crippen molar-refractivity contribution in [3.8, 4) is 0 Å². The van der Waals surface area contributed by atoms with Crippen LogP contribution in [0.2, 0.25) is 0 Å². The molecule has 2 aromatic rings. The zero-order valence-electron chi connectivity index (χ0n) is 9.51. The van der Waals surface area contributed by atoms with E-state index in [1.165, 1.54) is 5.56 Å². The zero-order chi connectivity index (χ0) is 12.1. The molecule has 0 atom stereocenters. The van der Waals surface area contributed by atoms with E-state index in [1.54, 1.807) is 41.1 Å². The number of rotatable bonds is 5. The lowest BCUT2D eigenvalue weighted by molar-refractivity contribution is 0.789. The van der Waals surface area contributed by atoms with Crippen molar-refractivity contribution in [2.45, 2.75) is 20.3 Å². The van der Waals surface area contributed by atoms with Crippen molar-refractivity contribution in [3.05, 3.63) is 23.9 Å². The van der Waals surface area contributed by atoms with Gasteiger partial charge in [0.05, 0.1) is 0 Å². The molecule has 17 heavy (non-hydrogen) atoms. The predicted molar refractivity (Wildman–Crippen MR) is 72.8 cm³/mol. The minimum Gasteiger partial charge on any atom is -0.316 e. The van der Waals surface area contributed by atoms with Crippen LogP contribution in [0.5, 0.6) is 0 Å². The van der Waals surface area contributed by atoms with Crippen LogP contribution in [0, 0.1) is 0 Å². The van der Waals surface area contributed by atoms with Crippen LogP contribution in [-0.4, -0.2) is 28.5 Å². The molecule has 0 saturated carbocycles. The van der Waals surface area contributed by atoms with Crippen LogP contribution < -0.4 is 5.32 Å². The van der Waals surface area contributed by atoms with Gasteiger partial charge in [0, 0.05) is 12.7 Å². The van der Waals surface area contributed by atoms with Crippen molar-refractivity contribution in [1.82, 2.24) is 20.5 Å². The Morgan fingerprint density at radius 1 is 1.35 bits per heavy atom. The molecule has 0 fully saturated rings. The Morgan fingerprint density at radius 2 is 2.18 bits per heavy atom. The minimum absolute atomic E-state index is 0.810. The van der Waals surface area contributed by atoms with Crippen molar-refractivity contribution < 1.29 is 0 Å². The molecule has 0 radical (unpaired) electrons. The first-order valence-corrected chi connectivity index (χ1v) is 7.83. The summed E-state index contributed by atoms with van der Waals surface area (Å²) in [7, 11) is 1.93. The smallest absolute Gasteiger partial charge is 0.181 e. The van der Waals surface area contributed by atoms with E-state index >= 15 is 0 Å². The average Bonchev–Trinajstić information content (AvgIpc) is 2.80. The highest BCUT2D eigenvalue weighted by Crippen LogP contribution is 2.33. The van der Waals surface area contributed by atoms with Crippen LogP contribution in [0.15, 0.2) is 32.0 Å². The maximum Gasteiger partial charge on any atom is 0.181 e. The van der Waals surface area contributed by atoms with Crippen molar-refractivity contribution >= 4 is 34.9 Å². The van der Waals surface area contributed by atoms with Gasteiger partial charge in [0.1, 0.15) is 5.03 Å². The second kappa shape index (κ2) is 6.34. The maximum atomic E-state index is 4.38. The minimum atomic E-state index is 0.810. The molecule has 0 saturated heterocycles. The maximum absolute atomic E-state index is 4.38. The number of hydrogen-bond acceptors (Lipinski definition) is 7. The summed E-state index contributed by atoms with van der Waals surface area (Å²) in [6.07, 6.45) is 3.81. The first-order chi connectivity index (χ1) is 8.33. The van der Waals surface area contributed by atoms with Crippen LogP contribution in [-0.2, 0) is 6.54 Å². The van der Waals surface area contributed by atoms with Crippen LogP contribution in [0.25, 0.3) is 0 Å². The number of thioether (sulfide) groups is 1. The molecule has 4 nitrogen and oxygen atoms in total. The molecular formula is C10H12N4S3. The van der Waals surface area contributed by atoms with E-state index in [-0.39, 0.29) is 0 Å². The standard InChI is InChI=1S/C10H12N4S3/c1-11-6-7-4-3-5-12-8(7)16-10-14-13-9(15-2)17-10/h3-5,11H,6H2,1-2H3. The molecule has 0 amide bonds. The summed E-state index contributed by atoms with van der Waals surface area (Å²) in [6, 6.07) is 4.02. The largest absolute Gasteiger partial charge is 0.316 e. The normalized spacial score (nSPS) is 10.7. The van der Waals surface area contributed by atoms with E-state index in [2.05, 4.69) is 26.6 Å². The molecule has 0 aliphatic carbocycles. The quantitative estimate of drug-likeness (QED) is 0.852. The number of nitrogens with one attached hydrogen (secondary N) is 1. The Morgan fingerprint density at radius 3 is 2.88 bits per heavy atom. The topological polar surface area (TPSA) is 50.7 Å². The zero-order valence-corrected chi connectivity index (χ0v) is 12.0. The summed E-state index contributed by atoms with van der Waals surface area (Å²) in [5, 5.41) is 12.3. The summed E-state index contributed by atoms with van der Waals surface area (Å²) in [5.74, 6) is 0. The highest BCUT2D eigenvalue weighted by Gasteiger charge is 2.09. The first kappa shape index (κ1) is 12.8. The first-order valence-electron chi connectivity index (χ1n) is 4.97. The third-order valence-electron chi connectivity index (χ3n) is 1.96. The van der Waals surface area contributed by atoms with Gasteiger partial charge in [-0.1, -0.05) is 29.2 Å². The molecule has 1 N–H and O–H groups in total. The van der Waals surface area contributed by atoms with E-state index in [9.17, 15) is 0 Å². The van der Waals surface area contributed by atoms with Gasteiger partial charge in [-0.05, 0) is 36.7 Å². The lowest BCUT2D eigenvalue weighted by Crippen LogP contribution is -2.06. The van der Waals surface area contributed by atoms with Gasteiger partial charge in [-0.3, -0.25) is 0 Å². The van der Waals surface area contributed by atoms with Crippen molar-refractivity contribution in [2.24, 2.45) is 0 Å². The SMILES string of the molecule is CNCc1cccnc1Sc1nnc(SC)s1. The molecule has 2 aromatic heterocycles. The summed E-state index contributed by atoms with van der Waals surface area (Å²) in [4.78, 5) is 4.38. The molecule has 0 unspecified atom stereocenters. The fourth-order valence-corrected chi connectivity index (χ4v) is 3.68. The van der Waals surface area contributed by atoms with Gasteiger partial charge in [-0.15, -0.1) is 10.2 Å². The van der Waals surface area contributed by atoms with Crippen LogP contribution in [0.1, 0.15) is 5.56 Å². The van der Waals surface area contributed by atoms with Gasteiger partial charge in [0.15, 0.2) is 8.68 Å².